The second-order valence-corrected chi connectivity index (χ2v) is 3.95. The van der Waals surface area contributed by atoms with Crippen LogP contribution in [-0.2, 0) is 4.74 Å². The number of anilines is 1. The van der Waals surface area contributed by atoms with Gasteiger partial charge in [0.25, 0.3) is 5.69 Å². The molecule has 0 saturated heterocycles. The van der Waals surface area contributed by atoms with Crippen LogP contribution in [0.25, 0.3) is 0 Å². The molecule has 0 aliphatic rings. The highest BCUT2D eigenvalue weighted by Crippen LogP contribution is 2.22. The Morgan fingerprint density at radius 3 is 2.83 bits per heavy atom. The van der Waals surface area contributed by atoms with Crippen molar-refractivity contribution in [2.45, 2.75) is 20.0 Å². The van der Waals surface area contributed by atoms with E-state index in [4.69, 9.17) is 10.00 Å². The molecule has 0 radical (unpaired) electrons. The topological polar surface area (TPSA) is 88.2 Å². The smallest absolute Gasteiger partial charge is 0.289 e. The van der Waals surface area contributed by atoms with E-state index in [9.17, 15) is 10.1 Å². The van der Waals surface area contributed by atoms with Gasteiger partial charge in [-0.05, 0) is 26.0 Å². The fraction of sp³-hybridized carbons (Fsp3) is 0.417. The molecule has 0 atom stereocenters. The maximum atomic E-state index is 10.8. The van der Waals surface area contributed by atoms with Crippen LogP contribution < -0.4 is 5.32 Å². The van der Waals surface area contributed by atoms with Gasteiger partial charge in [-0.3, -0.25) is 10.1 Å². The number of benzene rings is 1. The monoisotopic (exact) mass is 249 g/mol. The van der Waals surface area contributed by atoms with E-state index in [1.165, 1.54) is 12.1 Å². The third kappa shape index (κ3) is 4.03. The SMILES string of the molecule is CC(C)OCCNc1ccc(C#N)c([N+](=O)[O-])c1. The maximum absolute atomic E-state index is 10.8. The van der Waals surface area contributed by atoms with Crippen molar-refractivity contribution in [2.24, 2.45) is 0 Å². The first kappa shape index (κ1) is 13.9. The van der Waals surface area contributed by atoms with Crippen molar-refractivity contribution in [3.63, 3.8) is 0 Å². The standard InChI is InChI=1S/C12H15N3O3/c1-9(2)18-6-5-14-11-4-3-10(8-13)12(7-11)15(16)17/h3-4,7,9,14H,5-6H2,1-2H3. The molecular formula is C12H15N3O3. The number of hydrogen-bond acceptors (Lipinski definition) is 5. The fourth-order valence-electron chi connectivity index (χ4n) is 1.38. The van der Waals surface area contributed by atoms with E-state index in [2.05, 4.69) is 5.32 Å². The Hall–Kier alpha value is -2.13. The zero-order valence-corrected chi connectivity index (χ0v) is 10.3. The molecule has 0 amide bonds. The molecule has 1 rings (SSSR count). The van der Waals surface area contributed by atoms with Crippen LogP contribution in [0.5, 0.6) is 0 Å². The van der Waals surface area contributed by atoms with Crippen LogP contribution in [0.15, 0.2) is 18.2 Å². The summed E-state index contributed by atoms with van der Waals surface area (Å²) >= 11 is 0. The molecule has 0 aliphatic carbocycles. The van der Waals surface area contributed by atoms with Crippen molar-refractivity contribution >= 4 is 11.4 Å². The minimum atomic E-state index is -0.561. The van der Waals surface area contributed by atoms with Gasteiger partial charge in [-0.15, -0.1) is 0 Å². The number of nitrogens with one attached hydrogen (secondary N) is 1. The second-order valence-electron chi connectivity index (χ2n) is 3.95. The summed E-state index contributed by atoms with van der Waals surface area (Å²) in [5.74, 6) is 0. The van der Waals surface area contributed by atoms with Gasteiger partial charge in [-0.25, -0.2) is 0 Å². The van der Waals surface area contributed by atoms with Gasteiger partial charge in [0.15, 0.2) is 0 Å². The van der Waals surface area contributed by atoms with Crippen molar-refractivity contribution in [3.05, 3.63) is 33.9 Å². The number of nitriles is 1. The van der Waals surface area contributed by atoms with E-state index < -0.39 is 4.92 Å². The summed E-state index contributed by atoms with van der Waals surface area (Å²) in [5.41, 5.74) is 0.476. The molecule has 0 fully saturated rings. The molecular weight excluding hydrogens is 234 g/mol. The van der Waals surface area contributed by atoms with E-state index in [1.54, 1.807) is 12.1 Å². The van der Waals surface area contributed by atoms with Crippen LogP contribution in [0.1, 0.15) is 19.4 Å². The van der Waals surface area contributed by atoms with Crippen LogP contribution in [0.2, 0.25) is 0 Å². The van der Waals surface area contributed by atoms with Crippen LogP contribution in [0.3, 0.4) is 0 Å². The molecule has 0 aliphatic heterocycles. The summed E-state index contributed by atoms with van der Waals surface area (Å²) in [7, 11) is 0. The average molecular weight is 249 g/mol. The minimum absolute atomic E-state index is 0.0592. The van der Waals surface area contributed by atoms with E-state index in [-0.39, 0.29) is 17.4 Å². The minimum Gasteiger partial charge on any atom is -0.383 e. The summed E-state index contributed by atoms with van der Waals surface area (Å²) in [6.07, 6.45) is 0.155. The Balaban J connectivity index is 2.65. The van der Waals surface area contributed by atoms with Crippen molar-refractivity contribution < 1.29 is 9.66 Å². The Morgan fingerprint density at radius 1 is 1.56 bits per heavy atom. The second kappa shape index (κ2) is 6.57. The van der Waals surface area contributed by atoms with Crippen LogP contribution >= 0.6 is 0 Å². The van der Waals surface area contributed by atoms with E-state index >= 15 is 0 Å². The number of hydrogen-bond donors (Lipinski definition) is 1. The lowest BCUT2D eigenvalue weighted by Gasteiger charge is -2.09. The van der Waals surface area contributed by atoms with Gasteiger partial charge in [-0.1, -0.05) is 0 Å². The largest absolute Gasteiger partial charge is 0.383 e. The van der Waals surface area contributed by atoms with Gasteiger partial charge >= 0.3 is 0 Å². The van der Waals surface area contributed by atoms with Crippen molar-refractivity contribution in [1.82, 2.24) is 0 Å². The highest BCUT2D eigenvalue weighted by atomic mass is 16.6. The lowest BCUT2D eigenvalue weighted by Crippen LogP contribution is -2.13. The van der Waals surface area contributed by atoms with Gasteiger partial charge in [-0.2, -0.15) is 5.26 Å². The van der Waals surface area contributed by atoms with Crippen molar-refractivity contribution in [1.29, 1.82) is 5.26 Å². The first-order valence-corrected chi connectivity index (χ1v) is 5.58. The number of rotatable bonds is 6. The third-order valence-corrected chi connectivity index (χ3v) is 2.20. The van der Waals surface area contributed by atoms with Gasteiger partial charge in [0.05, 0.1) is 17.6 Å². The summed E-state index contributed by atoms with van der Waals surface area (Å²) in [6.45, 7) is 4.95. The summed E-state index contributed by atoms with van der Waals surface area (Å²) < 4.78 is 5.34. The van der Waals surface area contributed by atoms with Crippen LogP contribution in [0, 0.1) is 21.4 Å². The first-order chi connectivity index (χ1) is 8.54. The van der Waals surface area contributed by atoms with Gasteiger partial charge in [0.2, 0.25) is 0 Å². The highest BCUT2D eigenvalue weighted by Gasteiger charge is 2.13. The molecule has 1 N–H and O–H groups in total. The molecule has 0 aromatic heterocycles. The Morgan fingerprint density at radius 2 is 2.28 bits per heavy atom. The summed E-state index contributed by atoms with van der Waals surface area (Å²) in [6, 6.07) is 6.22. The fourth-order valence-corrected chi connectivity index (χ4v) is 1.38. The maximum Gasteiger partial charge on any atom is 0.289 e. The number of nitrogens with zero attached hydrogens (tertiary/aromatic N) is 2. The molecule has 6 nitrogen and oxygen atoms in total. The van der Waals surface area contributed by atoms with E-state index in [0.717, 1.165) is 0 Å². The molecule has 0 bridgehead atoms. The van der Waals surface area contributed by atoms with Crippen LogP contribution in [0.4, 0.5) is 11.4 Å². The molecule has 1 aromatic rings. The summed E-state index contributed by atoms with van der Waals surface area (Å²) in [5, 5.41) is 22.5. The predicted molar refractivity (Wildman–Crippen MR) is 67.4 cm³/mol. The van der Waals surface area contributed by atoms with Crippen molar-refractivity contribution in [2.75, 3.05) is 18.5 Å². The Kier molecular flexibility index (Phi) is 5.08. The predicted octanol–water partition coefficient (Wildman–Crippen LogP) is 2.30. The summed E-state index contributed by atoms with van der Waals surface area (Å²) in [4.78, 5) is 10.2. The molecule has 6 heteroatoms. The van der Waals surface area contributed by atoms with Crippen LogP contribution in [-0.4, -0.2) is 24.2 Å². The van der Waals surface area contributed by atoms with Gasteiger partial charge in [0, 0.05) is 18.3 Å². The molecule has 0 heterocycles. The molecule has 0 spiro atoms. The molecule has 0 unspecified atom stereocenters. The zero-order valence-electron chi connectivity index (χ0n) is 10.3. The normalized spacial score (nSPS) is 10.1. The van der Waals surface area contributed by atoms with E-state index in [0.29, 0.717) is 18.8 Å². The molecule has 18 heavy (non-hydrogen) atoms. The lowest BCUT2D eigenvalue weighted by molar-refractivity contribution is -0.385. The average Bonchev–Trinajstić information content (AvgIpc) is 2.34. The Bertz CT molecular complexity index is 466. The zero-order chi connectivity index (χ0) is 13.5. The molecule has 0 saturated carbocycles. The lowest BCUT2D eigenvalue weighted by atomic mass is 10.2. The number of ether oxygens (including phenoxy) is 1. The molecule has 96 valence electrons. The van der Waals surface area contributed by atoms with E-state index in [1.807, 2.05) is 13.8 Å². The Labute approximate surface area is 105 Å². The van der Waals surface area contributed by atoms with Gasteiger partial charge < -0.3 is 10.1 Å². The van der Waals surface area contributed by atoms with Gasteiger partial charge in [0.1, 0.15) is 11.6 Å². The third-order valence-electron chi connectivity index (χ3n) is 2.20. The first-order valence-electron chi connectivity index (χ1n) is 5.58. The molecule has 1 aromatic carbocycles. The highest BCUT2D eigenvalue weighted by molar-refractivity contribution is 5.59. The van der Waals surface area contributed by atoms with Crippen molar-refractivity contribution in [3.8, 4) is 6.07 Å². The number of nitro groups is 1. The quantitative estimate of drug-likeness (QED) is 0.474. The number of nitro benzene ring substituents is 1.